The topological polar surface area (TPSA) is 61.5 Å². The highest BCUT2D eigenvalue weighted by molar-refractivity contribution is 7.99. The van der Waals surface area contributed by atoms with E-state index < -0.39 is 6.04 Å². The second-order valence-corrected chi connectivity index (χ2v) is 5.84. The van der Waals surface area contributed by atoms with E-state index in [0.29, 0.717) is 18.3 Å². The van der Waals surface area contributed by atoms with Crippen molar-refractivity contribution in [2.45, 2.75) is 25.3 Å². The number of ether oxygens (including phenoxy) is 2. The van der Waals surface area contributed by atoms with Gasteiger partial charge in [-0.3, -0.25) is 4.79 Å². The molecule has 2 unspecified atom stereocenters. The largest absolute Gasteiger partial charge is 0.493 e. The maximum absolute atomic E-state index is 11.4. The molecule has 1 aliphatic heterocycles. The second kappa shape index (κ2) is 7.55. The van der Waals surface area contributed by atoms with Gasteiger partial charge in [-0.2, -0.15) is 11.8 Å². The van der Waals surface area contributed by atoms with E-state index in [2.05, 4.69) is 6.07 Å². The van der Waals surface area contributed by atoms with E-state index in [-0.39, 0.29) is 5.97 Å². The average molecular weight is 295 g/mol. The molecule has 0 saturated heterocycles. The Morgan fingerprint density at radius 3 is 3.15 bits per heavy atom. The van der Waals surface area contributed by atoms with Gasteiger partial charge in [-0.05, 0) is 30.9 Å². The Balaban J connectivity index is 1.82. The van der Waals surface area contributed by atoms with Gasteiger partial charge in [-0.1, -0.05) is 18.2 Å². The molecule has 0 aliphatic carbocycles. The summed E-state index contributed by atoms with van der Waals surface area (Å²) >= 11 is 1.70. The van der Waals surface area contributed by atoms with Gasteiger partial charge in [-0.25, -0.2) is 0 Å². The summed E-state index contributed by atoms with van der Waals surface area (Å²) < 4.78 is 10.5. The fraction of sp³-hybridized carbons (Fsp3) is 0.533. The van der Waals surface area contributed by atoms with Gasteiger partial charge in [0.2, 0.25) is 0 Å². The van der Waals surface area contributed by atoms with Gasteiger partial charge < -0.3 is 15.2 Å². The third kappa shape index (κ3) is 3.90. The van der Waals surface area contributed by atoms with E-state index in [9.17, 15) is 4.79 Å². The molecule has 0 fully saturated rings. The Morgan fingerprint density at radius 1 is 1.55 bits per heavy atom. The van der Waals surface area contributed by atoms with Crippen molar-refractivity contribution >= 4 is 17.7 Å². The van der Waals surface area contributed by atoms with E-state index in [4.69, 9.17) is 15.2 Å². The molecule has 0 bridgehead atoms. The SMILES string of the molecule is CCOC(=O)C(N)CSCC1CCOc2ccccc21. The Hall–Kier alpha value is -1.20. The zero-order valence-corrected chi connectivity index (χ0v) is 12.5. The summed E-state index contributed by atoms with van der Waals surface area (Å²) in [5.74, 6) is 2.69. The summed E-state index contributed by atoms with van der Waals surface area (Å²) in [6.07, 6.45) is 1.01. The van der Waals surface area contributed by atoms with Crippen LogP contribution in [-0.4, -0.2) is 36.7 Å². The Morgan fingerprint density at radius 2 is 2.35 bits per heavy atom. The summed E-state index contributed by atoms with van der Waals surface area (Å²) in [4.78, 5) is 11.4. The summed E-state index contributed by atoms with van der Waals surface area (Å²) in [6.45, 7) is 2.92. The number of nitrogens with two attached hydrogens (primary N) is 1. The number of rotatable bonds is 6. The number of carbonyl (C=O) groups excluding carboxylic acids is 1. The third-order valence-electron chi connectivity index (χ3n) is 3.29. The van der Waals surface area contributed by atoms with Crippen LogP contribution < -0.4 is 10.5 Å². The molecule has 1 aromatic carbocycles. The van der Waals surface area contributed by atoms with Crippen LogP contribution in [0.4, 0.5) is 0 Å². The third-order valence-corrected chi connectivity index (χ3v) is 4.52. The van der Waals surface area contributed by atoms with Crippen LogP contribution in [-0.2, 0) is 9.53 Å². The minimum Gasteiger partial charge on any atom is -0.493 e. The molecule has 2 atom stereocenters. The zero-order valence-electron chi connectivity index (χ0n) is 11.7. The van der Waals surface area contributed by atoms with Gasteiger partial charge in [0.05, 0.1) is 13.2 Å². The highest BCUT2D eigenvalue weighted by Crippen LogP contribution is 2.35. The van der Waals surface area contributed by atoms with E-state index in [1.807, 2.05) is 18.2 Å². The maximum Gasteiger partial charge on any atom is 0.323 e. The number of para-hydroxylation sites is 1. The predicted octanol–water partition coefficient (Wildman–Crippen LogP) is 2.18. The molecule has 0 amide bonds. The van der Waals surface area contributed by atoms with Gasteiger partial charge in [0.1, 0.15) is 11.8 Å². The lowest BCUT2D eigenvalue weighted by atomic mass is 9.95. The molecule has 20 heavy (non-hydrogen) atoms. The predicted molar refractivity (Wildman–Crippen MR) is 81.2 cm³/mol. The molecule has 0 spiro atoms. The molecule has 0 saturated carbocycles. The molecule has 1 heterocycles. The maximum atomic E-state index is 11.4. The van der Waals surface area contributed by atoms with Crippen LogP contribution in [0.1, 0.15) is 24.8 Å². The molecular formula is C15H21NO3S. The van der Waals surface area contributed by atoms with Gasteiger partial charge in [-0.15, -0.1) is 0 Å². The van der Waals surface area contributed by atoms with Crippen molar-refractivity contribution in [1.29, 1.82) is 0 Å². The average Bonchev–Trinajstić information content (AvgIpc) is 2.47. The molecule has 0 aromatic heterocycles. The number of carbonyl (C=O) groups is 1. The van der Waals surface area contributed by atoms with Gasteiger partial charge in [0.25, 0.3) is 0 Å². The number of hydrogen-bond acceptors (Lipinski definition) is 5. The molecule has 2 N–H and O–H groups in total. The lowest BCUT2D eigenvalue weighted by molar-refractivity contribution is -0.144. The molecule has 110 valence electrons. The number of benzene rings is 1. The number of thioether (sulfide) groups is 1. The summed E-state index contributed by atoms with van der Waals surface area (Å²) in [5, 5.41) is 0. The lowest BCUT2D eigenvalue weighted by Crippen LogP contribution is -2.34. The zero-order chi connectivity index (χ0) is 14.4. The highest BCUT2D eigenvalue weighted by atomic mass is 32.2. The number of hydrogen-bond donors (Lipinski definition) is 1. The van der Waals surface area contributed by atoms with Crippen LogP contribution >= 0.6 is 11.8 Å². The van der Waals surface area contributed by atoms with E-state index in [1.165, 1.54) is 5.56 Å². The van der Waals surface area contributed by atoms with Crippen LogP contribution in [0, 0.1) is 0 Å². The normalized spacial score (nSPS) is 18.8. The summed E-state index contributed by atoms with van der Waals surface area (Å²) in [7, 11) is 0. The summed E-state index contributed by atoms with van der Waals surface area (Å²) in [5.41, 5.74) is 7.05. The van der Waals surface area contributed by atoms with Crippen LogP contribution in [0.15, 0.2) is 24.3 Å². The van der Waals surface area contributed by atoms with Crippen molar-refractivity contribution in [3.63, 3.8) is 0 Å². The Bertz CT molecular complexity index is 452. The second-order valence-electron chi connectivity index (χ2n) is 4.77. The van der Waals surface area contributed by atoms with Crippen molar-refractivity contribution in [3.8, 4) is 5.75 Å². The van der Waals surface area contributed by atoms with Crippen LogP contribution in [0.2, 0.25) is 0 Å². The fourth-order valence-corrected chi connectivity index (χ4v) is 3.40. The molecule has 2 rings (SSSR count). The van der Waals surface area contributed by atoms with Gasteiger partial charge in [0, 0.05) is 11.5 Å². The first-order valence-electron chi connectivity index (χ1n) is 6.94. The monoisotopic (exact) mass is 295 g/mol. The molecular weight excluding hydrogens is 274 g/mol. The van der Waals surface area contributed by atoms with Crippen molar-refractivity contribution in [2.75, 3.05) is 24.7 Å². The van der Waals surface area contributed by atoms with E-state index in [1.54, 1.807) is 18.7 Å². The Labute approximate surface area is 124 Å². The van der Waals surface area contributed by atoms with Crippen molar-refractivity contribution < 1.29 is 14.3 Å². The highest BCUT2D eigenvalue weighted by Gasteiger charge is 2.22. The van der Waals surface area contributed by atoms with Crippen molar-refractivity contribution in [1.82, 2.24) is 0 Å². The van der Waals surface area contributed by atoms with Crippen molar-refractivity contribution in [2.24, 2.45) is 5.73 Å². The quantitative estimate of drug-likeness (QED) is 0.815. The standard InChI is InChI=1S/C15H21NO3S/c1-2-18-15(17)13(16)10-20-9-11-7-8-19-14-6-4-3-5-12(11)14/h3-6,11,13H,2,7-10,16H2,1H3. The molecule has 4 nitrogen and oxygen atoms in total. The van der Waals surface area contributed by atoms with E-state index in [0.717, 1.165) is 24.5 Å². The summed E-state index contributed by atoms with van der Waals surface area (Å²) in [6, 6.07) is 7.62. The molecule has 5 heteroatoms. The minimum atomic E-state index is -0.532. The van der Waals surface area contributed by atoms with Crippen molar-refractivity contribution in [3.05, 3.63) is 29.8 Å². The molecule has 1 aromatic rings. The fourth-order valence-electron chi connectivity index (χ4n) is 2.24. The first-order chi connectivity index (χ1) is 9.72. The lowest BCUT2D eigenvalue weighted by Gasteiger charge is -2.25. The molecule has 0 radical (unpaired) electrons. The first kappa shape index (κ1) is 15.2. The Kier molecular flexibility index (Phi) is 5.73. The minimum absolute atomic E-state index is 0.313. The van der Waals surface area contributed by atoms with Gasteiger partial charge in [0.15, 0.2) is 0 Å². The van der Waals surface area contributed by atoms with Crippen LogP contribution in [0.5, 0.6) is 5.75 Å². The number of fused-ring (bicyclic) bond motifs is 1. The smallest absolute Gasteiger partial charge is 0.323 e. The van der Waals surface area contributed by atoms with E-state index >= 15 is 0 Å². The molecule has 1 aliphatic rings. The number of esters is 1. The van der Waals surface area contributed by atoms with Gasteiger partial charge >= 0.3 is 5.97 Å². The first-order valence-corrected chi connectivity index (χ1v) is 8.09. The van der Waals surface area contributed by atoms with Crippen LogP contribution in [0.3, 0.4) is 0 Å². The van der Waals surface area contributed by atoms with Crippen LogP contribution in [0.25, 0.3) is 0 Å².